The van der Waals surface area contributed by atoms with Crippen LogP contribution in [0.3, 0.4) is 0 Å². The van der Waals surface area contributed by atoms with E-state index in [1.807, 2.05) is 0 Å². The molecule has 5 aliphatic carbocycles. The lowest BCUT2D eigenvalue weighted by Crippen LogP contribution is -2.67. The summed E-state index contributed by atoms with van der Waals surface area (Å²) < 4.78 is 0. The fourth-order valence-corrected chi connectivity index (χ4v) is 11.3. The van der Waals surface area contributed by atoms with E-state index in [2.05, 4.69) is 54.5 Å². The number of rotatable bonds is 1. The Labute approximate surface area is 197 Å². The number of aliphatic hydroxyl groups excluding tert-OH is 2. The summed E-state index contributed by atoms with van der Waals surface area (Å²) in [6.45, 7) is 17.9. The van der Waals surface area contributed by atoms with Crippen molar-refractivity contribution in [3.8, 4) is 0 Å². The first-order chi connectivity index (χ1) is 14.9. The fourth-order valence-electron chi connectivity index (χ4n) is 11.3. The highest BCUT2D eigenvalue weighted by Gasteiger charge is 2.70. The molecule has 4 fully saturated rings. The van der Waals surface area contributed by atoms with Crippen LogP contribution >= 0.6 is 0 Å². The Kier molecular flexibility index (Phi) is 5.19. The Bertz CT molecular complexity index is 799. The topological polar surface area (TPSA) is 40.5 Å². The third-order valence-corrected chi connectivity index (χ3v) is 13.6. The quantitative estimate of drug-likeness (QED) is 0.429. The molecule has 32 heavy (non-hydrogen) atoms. The molecule has 0 radical (unpaired) electrons. The largest absolute Gasteiger partial charge is 0.396 e. The summed E-state index contributed by atoms with van der Waals surface area (Å²) >= 11 is 0. The van der Waals surface area contributed by atoms with Crippen molar-refractivity contribution in [2.75, 3.05) is 6.61 Å². The highest BCUT2D eigenvalue weighted by Crippen LogP contribution is 2.76. The van der Waals surface area contributed by atoms with Crippen LogP contribution in [0.5, 0.6) is 0 Å². The molecule has 0 spiro atoms. The molecule has 0 bridgehead atoms. The molecule has 0 heterocycles. The molecule has 0 aliphatic heterocycles. The van der Waals surface area contributed by atoms with Gasteiger partial charge in [0.25, 0.3) is 0 Å². The number of allylic oxidation sites excluding steroid dienone is 2. The molecule has 2 N–H and O–H groups in total. The molecule has 10 atom stereocenters. The Balaban J connectivity index is 1.55. The zero-order chi connectivity index (χ0) is 23.3. The molecular formula is C30H50O2. The van der Waals surface area contributed by atoms with Gasteiger partial charge in [-0.15, -0.1) is 0 Å². The van der Waals surface area contributed by atoms with Crippen LogP contribution in [0.1, 0.15) is 106 Å². The van der Waals surface area contributed by atoms with Gasteiger partial charge in [0.05, 0.1) is 6.10 Å². The maximum absolute atomic E-state index is 10.9. The molecule has 2 nitrogen and oxygen atoms in total. The molecule has 5 aliphatic rings. The van der Waals surface area contributed by atoms with Gasteiger partial charge in [0, 0.05) is 12.0 Å². The second-order valence-corrected chi connectivity index (χ2v) is 14.5. The van der Waals surface area contributed by atoms with Crippen LogP contribution in [-0.4, -0.2) is 22.9 Å². The van der Waals surface area contributed by atoms with Gasteiger partial charge in [-0.1, -0.05) is 53.2 Å². The Morgan fingerprint density at radius 3 is 2.28 bits per heavy atom. The van der Waals surface area contributed by atoms with Crippen molar-refractivity contribution in [2.45, 2.75) is 112 Å². The lowest BCUT2D eigenvalue weighted by Gasteiger charge is -2.73. The normalized spacial score (nSPS) is 56.8. The van der Waals surface area contributed by atoms with Crippen LogP contribution in [0.2, 0.25) is 0 Å². The molecule has 0 saturated heterocycles. The average Bonchev–Trinajstić information content (AvgIpc) is 2.74. The molecule has 2 unspecified atom stereocenters. The van der Waals surface area contributed by atoms with Gasteiger partial charge in [-0.2, -0.15) is 0 Å². The standard InChI is InChI=1S/C30H50O2/c1-19-10-15-30(18-31)17-16-28(6)21(25(30)20(19)2)8-9-23-27(5)13-12-24(32)26(3,4)22(27)11-14-29(23,28)7/h10,20-25,31-32H,8-9,11-18H2,1-7H3/t20?,21-,22+,23-,24-,25?,27+,28-,29-,30-/m1/s1. The minimum atomic E-state index is -0.144. The lowest BCUT2D eigenvalue weighted by atomic mass is 9.31. The van der Waals surface area contributed by atoms with Gasteiger partial charge in [0.2, 0.25) is 0 Å². The van der Waals surface area contributed by atoms with Crippen molar-refractivity contribution in [3.05, 3.63) is 11.6 Å². The van der Waals surface area contributed by atoms with Crippen molar-refractivity contribution < 1.29 is 10.2 Å². The zero-order valence-corrected chi connectivity index (χ0v) is 22.0. The SMILES string of the molecule is CC1=CC[C@]2(CO)CC[C@]3(C)[C@H](CC[C@@H]4[C@@]5(C)CC[C@@H](O)C(C)(C)[C@@H]5CC[C@]43C)C2C1C. The Morgan fingerprint density at radius 1 is 0.875 bits per heavy atom. The van der Waals surface area contributed by atoms with Crippen LogP contribution in [0.15, 0.2) is 11.6 Å². The van der Waals surface area contributed by atoms with E-state index in [4.69, 9.17) is 0 Å². The molecule has 0 aromatic rings. The van der Waals surface area contributed by atoms with E-state index in [9.17, 15) is 10.2 Å². The van der Waals surface area contributed by atoms with Crippen LogP contribution in [-0.2, 0) is 0 Å². The predicted octanol–water partition coefficient (Wildman–Crippen LogP) is 7.00. The molecule has 4 saturated carbocycles. The average molecular weight is 443 g/mol. The van der Waals surface area contributed by atoms with Gasteiger partial charge in [-0.25, -0.2) is 0 Å². The summed E-state index contributed by atoms with van der Waals surface area (Å²) in [4.78, 5) is 0. The van der Waals surface area contributed by atoms with Crippen molar-refractivity contribution >= 4 is 0 Å². The van der Waals surface area contributed by atoms with Crippen LogP contribution in [0.25, 0.3) is 0 Å². The van der Waals surface area contributed by atoms with Crippen LogP contribution < -0.4 is 0 Å². The van der Waals surface area contributed by atoms with E-state index in [0.717, 1.165) is 24.7 Å². The summed E-state index contributed by atoms with van der Waals surface area (Å²) in [6.07, 6.45) is 13.3. The fraction of sp³-hybridized carbons (Fsp3) is 0.933. The van der Waals surface area contributed by atoms with E-state index in [0.29, 0.717) is 40.6 Å². The van der Waals surface area contributed by atoms with E-state index in [1.54, 1.807) is 5.57 Å². The minimum Gasteiger partial charge on any atom is -0.396 e. The summed E-state index contributed by atoms with van der Waals surface area (Å²) in [6, 6.07) is 0. The van der Waals surface area contributed by atoms with Crippen molar-refractivity contribution in [1.82, 2.24) is 0 Å². The molecule has 2 heteroatoms. The zero-order valence-electron chi connectivity index (χ0n) is 22.0. The monoisotopic (exact) mass is 442 g/mol. The van der Waals surface area contributed by atoms with Gasteiger partial charge >= 0.3 is 0 Å². The van der Waals surface area contributed by atoms with Crippen molar-refractivity contribution in [3.63, 3.8) is 0 Å². The van der Waals surface area contributed by atoms with Gasteiger partial charge in [-0.05, 0) is 116 Å². The smallest absolute Gasteiger partial charge is 0.0594 e. The van der Waals surface area contributed by atoms with Crippen molar-refractivity contribution in [2.24, 2.45) is 56.7 Å². The van der Waals surface area contributed by atoms with E-state index >= 15 is 0 Å². The summed E-state index contributed by atoms with van der Waals surface area (Å²) in [5, 5.41) is 21.6. The summed E-state index contributed by atoms with van der Waals surface area (Å²) in [5.41, 5.74) is 2.79. The molecular weight excluding hydrogens is 392 g/mol. The predicted molar refractivity (Wildman–Crippen MR) is 132 cm³/mol. The maximum Gasteiger partial charge on any atom is 0.0594 e. The van der Waals surface area contributed by atoms with Gasteiger partial charge < -0.3 is 10.2 Å². The maximum atomic E-state index is 10.9. The van der Waals surface area contributed by atoms with Gasteiger partial charge in [0.15, 0.2) is 0 Å². The van der Waals surface area contributed by atoms with Gasteiger partial charge in [-0.3, -0.25) is 0 Å². The molecule has 0 amide bonds. The number of hydrogen-bond acceptors (Lipinski definition) is 2. The lowest BCUT2D eigenvalue weighted by molar-refractivity contribution is -0.254. The first kappa shape index (κ1) is 23.4. The van der Waals surface area contributed by atoms with Crippen LogP contribution in [0.4, 0.5) is 0 Å². The molecule has 0 aromatic heterocycles. The minimum absolute atomic E-state index is 0.0322. The highest BCUT2D eigenvalue weighted by molar-refractivity contribution is 5.23. The second-order valence-electron chi connectivity index (χ2n) is 14.5. The molecule has 5 rings (SSSR count). The summed E-state index contributed by atoms with van der Waals surface area (Å²) in [5.74, 6) is 3.35. The summed E-state index contributed by atoms with van der Waals surface area (Å²) in [7, 11) is 0. The number of fused-ring (bicyclic) bond motifs is 7. The number of hydrogen-bond donors (Lipinski definition) is 2. The van der Waals surface area contributed by atoms with E-state index < -0.39 is 0 Å². The second kappa shape index (κ2) is 7.09. The molecule has 0 aromatic carbocycles. The molecule has 182 valence electrons. The highest BCUT2D eigenvalue weighted by atomic mass is 16.3. The first-order valence-electron chi connectivity index (χ1n) is 13.8. The van der Waals surface area contributed by atoms with Crippen LogP contribution in [0, 0.1) is 56.7 Å². The third-order valence-electron chi connectivity index (χ3n) is 13.6. The van der Waals surface area contributed by atoms with E-state index in [1.165, 1.54) is 44.9 Å². The van der Waals surface area contributed by atoms with E-state index in [-0.39, 0.29) is 16.9 Å². The third kappa shape index (κ3) is 2.66. The Hall–Kier alpha value is -0.340. The van der Waals surface area contributed by atoms with Crippen molar-refractivity contribution in [1.29, 1.82) is 0 Å². The van der Waals surface area contributed by atoms with Gasteiger partial charge in [0.1, 0.15) is 0 Å². The Morgan fingerprint density at radius 2 is 1.59 bits per heavy atom. The number of aliphatic hydroxyl groups is 2. The first-order valence-corrected chi connectivity index (χ1v) is 13.8.